The standard InChI is InChI=1S/C13H19IN3/c1-9-15-5-13(6-16-9)10-3-11-7-17(14-2)8-12(11)4-10/h5-6,10-12H,3-4,7-8H2,1-2H3/q-1. The predicted molar refractivity (Wildman–Crippen MR) is 63.2 cm³/mol. The first kappa shape index (κ1) is 11.8. The molecule has 3 nitrogen and oxygen atoms in total. The van der Waals surface area contributed by atoms with Gasteiger partial charge >= 0.3 is 114 Å². The summed E-state index contributed by atoms with van der Waals surface area (Å²) in [6.45, 7) is 4.67. The zero-order valence-electron chi connectivity index (χ0n) is 10.4. The maximum atomic E-state index is 4.33. The normalized spacial score (nSPS) is 33.2. The van der Waals surface area contributed by atoms with Crippen LogP contribution in [0.2, 0.25) is 0 Å². The van der Waals surface area contributed by atoms with Crippen molar-refractivity contribution in [2.75, 3.05) is 18.0 Å². The van der Waals surface area contributed by atoms with Gasteiger partial charge in [0.15, 0.2) is 0 Å². The molecule has 0 amide bonds. The van der Waals surface area contributed by atoms with Crippen LogP contribution in [0.25, 0.3) is 0 Å². The number of fused-ring (bicyclic) bond motifs is 1. The molecule has 1 saturated carbocycles. The van der Waals surface area contributed by atoms with Crippen molar-refractivity contribution in [2.45, 2.75) is 25.7 Å². The first-order valence-corrected chi connectivity index (χ1v) is 9.41. The molecule has 2 fully saturated rings. The number of alkyl halides is 1. The number of halogens is 1. The van der Waals surface area contributed by atoms with E-state index in [-0.39, 0.29) is 0 Å². The molecule has 0 radical (unpaired) electrons. The first-order valence-electron chi connectivity index (χ1n) is 6.29. The van der Waals surface area contributed by atoms with Gasteiger partial charge in [0.1, 0.15) is 0 Å². The zero-order chi connectivity index (χ0) is 11.8. The number of aryl methyl sites for hydroxylation is 1. The summed E-state index contributed by atoms with van der Waals surface area (Å²) in [5.74, 6) is 3.50. The third-order valence-electron chi connectivity index (χ3n) is 4.22. The fourth-order valence-corrected chi connectivity index (χ4v) is 5.07. The monoisotopic (exact) mass is 344 g/mol. The molecule has 1 aliphatic carbocycles. The summed E-state index contributed by atoms with van der Waals surface area (Å²) in [7, 11) is 0. The van der Waals surface area contributed by atoms with E-state index in [4.69, 9.17) is 0 Å². The Morgan fingerprint density at radius 2 is 1.76 bits per heavy atom. The van der Waals surface area contributed by atoms with Gasteiger partial charge in [0.05, 0.1) is 0 Å². The van der Waals surface area contributed by atoms with Crippen LogP contribution in [0, 0.1) is 18.8 Å². The van der Waals surface area contributed by atoms with E-state index in [1.54, 1.807) is 0 Å². The molecule has 2 atom stereocenters. The maximum absolute atomic E-state index is 4.33. The van der Waals surface area contributed by atoms with Crippen molar-refractivity contribution < 1.29 is 21.5 Å². The Hall–Kier alpha value is -0.230. The van der Waals surface area contributed by atoms with Crippen molar-refractivity contribution in [2.24, 2.45) is 11.8 Å². The van der Waals surface area contributed by atoms with Gasteiger partial charge in [-0.15, -0.1) is 0 Å². The molecular weight excluding hydrogens is 325 g/mol. The average Bonchev–Trinajstić information content (AvgIpc) is 2.87. The summed E-state index contributed by atoms with van der Waals surface area (Å²) in [6, 6.07) is 0. The molecule has 1 aromatic heterocycles. The number of hydrogen-bond donors (Lipinski definition) is 0. The van der Waals surface area contributed by atoms with E-state index in [9.17, 15) is 0 Å². The molecule has 0 spiro atoms. The molecule has 0 bridgehead atoms. The molecule has 94 valence electrons. The second kappa shape index (κ2) is 4.80. The second-order valence-corrected chi connectivity index (χ2v) is 7.58. The SMILES string of the molecule is C[I-]N1CC2CC(c3cnc(C)nc3)CC2C1. The minimum atomic E-state index is 0.312. The van der Waals surface area contributed by atoms with Crippen LogP contribution in [0.5, 0.6) is 0 Å². The van der Waals surface area contributed by atoms with Crippen LogP contribution in [0.3, 0.4) is 0 Å². The van der Waals surface area contributed by atoms with E-state index < -0.39 is 0 Å². The van der Waals surface area contributed by atoms with E-state index in [1.807, 2.05) is 19.3 Å². The Balaban J connectivity index is 1.68. The van der Waals surface area contributed by atoms with Gasteiger partial charge < -0.3 is 0 Å². The average molecular weight is 344 g/mol. The van der Waals surface area contributed by atoms with Crippen molar-refractivity contribution in [1.29, 1.82) is 0 Å². The summed E-state index contributed by atoms with van der Waals surface area (Å²) in [6.07, 6.45) is 6.80. The van der Waals surface area contributed by atoms with Gasteiger partial charge in [-0.2, -0.15) is 0 Å². The fourth-order valence-electron chi connectivity index (χ4n) is 3.27. The van der Waals surface area contributed by atoms with E-state index in [0.717, 1.165) is 23.6 Å². The summed E-state index contributed by atoms with van der Waals surface area (Å²) in [5, 5.41) is 0. The third-order valence-corrected chi connectivity index (χ3v) is 6.37. The quantitative estimate of drug-likeness (QED) is 0.385. The Kier molecular flexibility index (Phi) is 3.34. The Bertz CT molecular complexity index is 378. The second-order valence-electron chi connectivity index (χ2n) is 5.25. The van der Waals surface area contributed by atoms with Crippen molar-refractivity contribution in [3.63, 3.8) is 0 Å². The van der Waals surface area contributed by atoms with Gasteiger partial charge in [-0.05, 0) is 0 Å². The first-order chi connectivity index (χ1) is 8.26. The van der Waals surface area contributed by atoms with Crippen LogP contribution >= 0.6 is 0 Å². The number of hydrogen-bond acceptors (Lipinski definition) is 3. The predicted octanol–water partition coefficient (Wildman–Crippen LogP) is -1.16. The van der Waals surface area contributed by atoms with Crippen LogP contribution in [-0.2, 0) is 0 Å². The van der Waals surface area contributed by atoms with Gasteiger partial charge in [0.2, 0.25) is 0 Å². The van der Waals surface area contributed by atoms with Crippen LogP contribution < -0.4 is 21.5 Å². The number of rotatable bonds is 2. The minimum absolute atomic E-state index is 0.312. The van der Waals surface area contributed by atoms with Crippen molar-refractivity contribution in [1.82, 2.24) is 13.1 Å². The Morgan fingerprint density at radius 3 is 2.29 bits per heavy atom. The van der Waals surface area contributed by atoms with E-state index in [2.05, 4.69) is 18.0 Å². The van der Waals surface area contributed by atoms with Gasteiger partial charge in [-0.3, -0.25) is 0 Å². The fraction of sp³-hybridized carbons (Fsp3) is 0.692. The van der Waals surface area contributed by atoms with E-state index in [1.165, 1.54) is 31.5 Å². The summed E-state index contributed by atoms with van der Waals surface area (Å²) in [5.41, 5.74) is 1.36. The number of nitrogens with zero attached hydrogens (tertiary/aromatic N) is 3. The Labute approximate surface area is 114 Å². The van der Waals surface area contributed by atoms with E-state index >= 15 is 0 Å². The molecule has 1 aromatic rings. The van der Waals surface area contributed by atoms with Crippen LogP contribution in [0.4, 0.5) is 0 Å². The van der Waals surface area contributed by atoms with Gasteiger partial charge in [-0.25, -0.2) is 0 Å². The molecule has 1 aliphatic heterocycles. The van der Waals surface area contributed by atoms with Crippen molar-refractivity contribution in [3.8, 4) is 0 Å². The molecule has 3 rings (SSSR count). The van der Waals surface area contributed by atoms with E-state index in [0.29, 0.717) is 21.5 Å². The molecule has 0 N–H and O–H groups in total. The molecule has 2 unspecified atom stereocenters. The summed E-state index contributed by atoms with van der Waals surface area (Å²) in [4.78, 5) is 11.0. The molecule has 0 aromatic carbocycles. The van der Waals surface area contributed by atoms with Crippen molar-refractivity contribution >= 4 is 0 Å². The molecular formula is C13H19IN3-. The molecule has 4 heteroatoms. The van der Waals surface area contributed by atoms with Gasteiger partial charge in [0, 0.05) is 0 Å². The molecule has 2 aliphatic rings. The number of aromatic nitrogens is 2. The van der Waals surface area contributed by atoms with Gasteiger partial charge in [0.25, 0.3) is 0 Å². The molecule has 17 heavy (non-hydrogen) atoms. The zero-order valence-corrected chi connectivity index (χ0v) is 12.6. The topological polar surface area (TPSA) is 29.0 Å². The van der Waals surface area contributed by atoms with Crippen LogP contribution in [-0.4, -0.2) is 31.1 Å². The molecule has 1 saturated heterocycles. The third kappa shape index (κ3) is 2.34. The Morgan fingerprint density at radius 1 is 1.18 bits per heavy atom. The van der Waals surface area contributed by atoms with Crippen LogP contribution in [0.15, 0.2) is 12.4 Å². The summed E-state index contributed by atoms with van der Waals surface area (Å²) >= 11 is 0.312. The molecule has 2 heterocycles. The van der Waals surface area contributed by atoms with Gasteiger partial charge in [-0.1, -0.05) is 0 Å². The van der Waals surface area contributed by atoms with Crippen molar-refractivity contribution in [3.05, 3.63) is 23.8 Å². The van der Waals surface area contributed by atoms with Crippen LogP contribution in [0.1, 0.15) is 30.1 Å². The summed E-state index contributed by atoms with van der Waals surface area (Å²) < 4.78 is 2.70.